The second-order valence-corrected chi connectivity index (χ2v) is 6.30. The number of hydrogen-bond donors (Lipinski definition) is 2. The lowest BCUT2D eigenvalue weighted by Crippen LogP contribution is -2.14. The van der Waals surface area contributed by atoms with E-state index in [2.05, 4.69) is 23.6 Å². The summed E-state index contributed by atoms with van der Waals surface area (Å²) in [5, 5.41) is 6.50. The largest absolute Gasteiger partial charge is 0.265 e. The van der Waals surface area contributed by atoms with E-state index in [4.69, 9.17) is 0 Å². The molecule has 2 aromatic rings. The monoisotopic (exact) mass is 309 g/mol. The van der Waals surface area contributed by atoms with Gasteiger partial charge in [-0.25, -0.2) is 8.42 Å². The molecule has 0 atom stereocenters. The fourth-order valence-electron chi connectivity index (χ4n) is 1.86. The second kappa shape index (κ2) is 4.84. The topological polar surface area (TPSA) is 99.6 Å². The van der Waals surface area contributed by atoms with Gasteiger partial charge in [-0.1, -0.05) is 13.0 Å². The lowest BCUT2D eigenvalue weighted by atomic mass is 10.3. The first-order valence-electron chi connectivity index (χ1n) is 5.88. The van der Waals surface area contributed by atoms with Gasteiger partial charge in [0.25, 0.3) is 10.0 Å². The number of benzene rings is 1. The number of hydrogen-bond acceptors (Lipinski definition) is 5. The van der Waals surface area contributed by atoms with E-state index in [1.54, 1.807) is 18.3 Å². The van der Waals surface area contributed by atoms with Gasteiger partial charge in [-0.15, -0.1) is 0 Å². The molecule has 1 aliphatic heterocycles. The van der Waals surface area contributed by atoms with Crippen LogP contribution in [0.3, 0.4) is 0 Å². The Balaban J connectivity index is 2.02. The molecule has 1 aromatic heterocycles. The van der Waals surface area contributed by atoms with Gasteiger partial charge in [0.1, 0.15) is 22.1 Å². The fourth-order valence-corrected chi connectivity index (χ4v) is 3.68. The summed E-state index contributed by atoms with van der Waals surface area (Å²) in [6, 6.07) is 4.88. The Morgan fingerprint density at radius 2 is 2.20 bits per heavy atom. The van der Waals surface area contributed by atoms with Crippen molar-refractivity contribution in [3.63, 3.8) is 0 Å². The number of rotatable bonds is 4. The first kappa shape index (κ1) is 13.0. The van der Waals surface area contributed by atoms with Gasteiger partial charge in [-0.3, -0.25) is 9.82 Å². The van der Waals surface area contributed by atoms with Crippen LogP contribution in [-0.2, 0) is 27.8 Å². The zero-order valence-electron chi connectivity index (χ0n) is 10.5. The van der Waals surface area contributed by atoms with Crippen molar-refractivity contribution in [2.24, 2.45) is 8.73 Å². The van der Waals surface area contributed by atoms with Crippen LogP contribution < -0.4 is 4.72 Å². The summed E-state index contributed by atoms with van der Waals surface area (Å²) in [4.78, 5) is 0.111. The molecule has 1 aromatic carbocycles. The number of nitrogens with zero attached hydrogens (tertiary/aromatic N) is 3. The summed E-state index contributed by atoms with van der Waals surface area (Å²) in [5.41, 5.74) is 1.75. The molecular weight excluding hydrogens is 298 g/mol. The van der Waals surface area contributed by atoms with Crippen LogP contribution in [0.2, 0.25) is 0 Å². The smallest absolute Gasteiger partial charge is 0.263 e. The third-order valence-corrected chi connectivity index (χ3v) is 4.80. The van der Waals surface area contributed by atoms with Crippen LogP contribution in [-0.4, -0.2) is 18.6 Å². The number of anilines is 1. The number of aromatic nitrogens is 2. The molecule has 0 aliphatic carbocycles. The lowest BCUT2D eigenvalue weighted by molar-refractivity contribution is 0.601. The molecule has 9 heteroatoms. The van der Waals surface area contributed by atoms with Crippen molar-refractivity contribution < 1.29 is 8.42 Å². The number of aromatic amines is 1. The maximum absolute atomic E-state index is 12.5. The SMILES string of the molecule is CCc1cn[nH]c1NS(=O)(=O)c1cccc2c1N=S=N2. The minimum Gasteiger partial charge on any atom is -0.263 e. The molecular formula is C11H11N5O2S2. The second-order valence-electron chi connectivity index (χ2n) is 4.12. The third kappa shape index (κ3) is 2.14. The Morgan fingerprint density at radius 1 is 1.35 bits per heavy atom. The van der Waals surface area contributed by atoms with E-state index >= 15 is 0 Å². The molecule has 0 saturated heterocycles. The average molecular weight is 309 g/mol. The van der Waals surface area contributed by atoms with Crippen molar-refractivity contribution in [3.05, 3.63) is 30.0 Å². The van der Waals surface area contributed by atoms with Crippen molar-refractivity contribution in [1.82, 2.24) is 10.2 Å². The van der Waals surface area contributed by atoms with E-state index in [0.29, 0.717) is 23.6 Å². The van der Waals surface area contributed by atoms with Crippen molar-refractivity contribution in [2.75, 3.05) is 4.72 Å². The van der Waals surface area contributed by atoms with Crippen LogP contribution in [0, 0.1) is 0 Å². The van der Waals surface area contributed by atoms with Crippen LogP contribution in [0.5, 0.6) is 0 Å². The molecule has 0 saturated carbocycles. The van der Waals surface area contributed by atoms with Crippen molar-refractivity contribution in [1.29, 1.82) is 0 Å². The van der Waals surface area contributed by atoms with E-state index in [0.717, 1.165) is 16.9 Å². The Hall–Kier alpha value is -2.00. The van der Waals surface area contributed by atoms with Gasteiger partial charge in [0.2, 0.25) is 0 Å². The molecule has 7 nitrogen and oxygen atoms in total. The molecule has 20 heavy (non-hydrogen) atoms. The van der Waals surface area contributed by atoms with Gasteiger partial charge < -0.3 is 0 Å². The number of nitrogens with one attached hydrogen (secondary N) is 2. The molecule has 104 valence electrons. The Morgan fingerprint density at radius 3 is 3.00 bits per heavy atom. The van der Waals surface area contributed by atoms with Gasteiger partial charge in [0.05, 0.1) is 17.6 Å². The summed E-state index contributed by atoms with van der Waals surface area (Å²) < 4.78 is 35.5. The molecule has 0 fully saturated rings. The maximum atomic E-state index is 12.5. The van der Waals surface area contributed by atoms with Gasteiger partial charge in [0.15, 0.2) is 0 Å². The lowest BCUT2D eigenvalue weighted by Gasteiger charge is -2.09. The molecule has 0 amide bonds. The zero-order chi connectivity index (χ0) is 14.2. The first-order valence-corrected chi connectivity index (χ1v) is 8.09. The normalized spacial score (nSPS) is 13.1. The maximum Gasteiger partial charge on any atom is 0.265 e. The van der Waals surface area contributed by atoms with Crippen LogP contribution in [0.25, 0.3) is 0 Å². The highest BCUT2D eigenvalue weighted by Gasteiger charge is 2.23. The number of sulfonamides is 1. The molecule has 0 spiro atoms. The summed E-state index contributed by atoms with van der Waals surface area (Å²) in [7, 11) is -3.73. The van der Waals surface area contributed by atoms with Crippen molar-refractivity contribution in [2.45, 2.75) is 18.2 Å². The van der Waals surface area contributed by atoms with Crippen LogP contribution in [0.1, 0.15) is 12.5 Å². The zero-order valence-corrected chi connectivity index (χ0v) is 12.1. The number of aryl methyl sites for hydroxylation is 1. The van der Waals surface area contributed by atoms with Gasteiger partial charge in [0, 0.05) is 5.56 Å². The number of H-pyrrole nitrogens is 1. The summed E-state index contributed by atoms with van der Waals surface area (Å²) in [6.07, 6.45) is 2.28. The number of fused-ring (bicyclic) bond motifs is 1. The van der Waals surface area contributed by atoms with Crippen molar-refractivity contribution >= 4 is 38.6 Å². The average Bonchev–Trinajstić information content (AvgIpc) is 3.05. The third-order valence-electron chi connectivity index (χ3n) is 2.87. The Labute approximate surface area is 119 Å². The molecule has 2 heterocycles. The van der Waals surface area contributed by atoms with Crippen LogP contribution in [0.15, 0.2) is 38.0 Å². The van der Waals surface area contributed by atoms with E-state index < -0.39 is 10.0 Å². The quantitative estimate of drug-likeness (QED) is 0.774. The standard InChI is InChI=1S/C11H11N5O2S2/c1-2-7-6-12-13-11(7)16-20(17,18)9-5-3-4-8-10(9)15-19-14-8/h3-6H,2H2,1H3,(H2,12,13,16). The van der Waals surface area contributed by atoms with Crippen molar-refractivity contribution in [3.8, 4) is 0 Å². The first-order chi connectivity index (χ1) is 9.62. The molecule has 1 aliphatic rings. The minimum atomic E-state index is -3.73. The van der Waals surface area contributed by atoms with Gasteiger partial charge in [-0.05, 0) is 18.6 Å². The fraction of sp³-hybridized carbons (Fsp3) is 0.182. The minimum absolute atomic E-state index is 0.111. The van der Waals surface area contributed by atoms with E-state index in [1.165, 1.54) is 6.07 Å². The summed E-state index contributed by atoms with van der Waals surface area (Å²) >= 11 is 0.986. The molecule has 0 unspecified atom stereocenters. The summed E-state index contributed by atoms with van der Waals surface area (Å²) in [5.74, 6) is 0.382. The summed E-state index contributed by atoms with van der Waals surface area (Å²) in [6.45, 7) is 1.92. The Bertz CT molecular complexity index is 834. The highest BCUT2D eigenvalue weighted by molar-refractivity contribution is 7.93. The van der Waals surface area contributed by atoms with Gasteiger partial charge >= 0.3 is 0 Å². The Kier molecular flexibility index (Phi) is 3.14. The van der Waals surface area contributed by atoms with E-state index in [1.807, 2.05) is 6.92 Å². The predicted molar refractivity (Wildman–Crippen MR) is 76.8 cm³/mol. The van der Waals surface area contributed by atoms with Gasteiger partial charge in [-0.2, -0.15) is 13.8 Å². The van der Waals surface area contributed by atoms with Crippen LogP contribution in [0.4, 0.5) is 17.2 Å². The predicted octanol–water partition coefficient (Wildman–Crippen LogP) is 2.50. The highest BCUT2D eigenvalue weighted by Crippen LogP contribution is 2.37. The van der Waals surface area contributed by atoms with E-state index in [-0.39, 0.29) is 4.90 Å². The molecule has 0 radical (unpaired) electrons. The van der Waals surface area contributed by atoms with E-state index in [9.17, 15) is 8.42 Å². The molecule has 3 rings (SSSR count). The molecule has 0 bridgehead atoms. The highest BCUT2D eigenvalue weighted by atomic mass is 32.2. The molecule has 2 N–H and O–H groups in total. The van der Waals surface area contributed by atoms with Crippen LogP contribution >= 0.6 is 0 Å².